The van der Waals surface area contributed by atoms with Gasteiger partial charge in [0, 0.05) is 11.8 Å². The highest BCUT2D eigenvalue weighted by Gasteiger charge is 2.54. The van der Waals surface area contributed by atoms with Crippen molar-refractivity contribution in [3.8, 4) is 5.75 Å². The smallest absolute Gasteiger partial charge is 0.229 e. The molecule has 36 heavy (non-hydrogen) atoms. The van der Waals surface area contributed by atoms with Crippen molar-refractivity contribution in [2.75, 3.05) is 0 Å². The summed E-state index contributed by atoms with van der Waals surface area (Å²) in [5.41, 5.74) is 1.97. The summed E-state index contributed by atoms with van der Waals surface area (Å²) in [6, 6.07) is 5.32. The first-order chi connectivity index (χ1) is 16.9. The number of carboxylic acid groups (broad SMARTS) is 1. The van der Waals surface area contributed by atoms with Crippen LogP contribution in [0.5, 0.6) is 5.75 Å². The maximum absolute atomic E-state index is 12.5. The number of rotatable bonds is 5. The molecule has 3 fully saturated rings. The Morgan fingerprint density at radius 2 is 1.92 bits per heavy atom. The van der Waals surface area contributed by atoms with Gasteiger partial charge in [0.15, 0.2) is 0 Å². The van der Waals surface area contributed by atoms with Gasteiger partial charge >= 0.3 is 0 Å². The molecule has 0 bridgehead atoms. The number of hydrogen-bond donors (Lipinski definition) is 2. The molecule has 1 aromatic carbocycles. The normalized spacial score (nSPS) is 40.2. The van der Waals surface area contributed by atoms with Crippen LogP contribution in [0.25, 0.3) is 0 Å². The molecule has 1 aliphatic heterocycles. The van der Waals surface area contributed by atoms with E-state index < -0.39 is 47.1 Å². The Labute approximate surface area is 208 Å². The maximum atomic E-state index is 12.5. The average molecular weight is 525 g/mol. The average Bonchev–Trinajstić information content (AvgIpc) is 3.11. The van der Waals surface area contributed by atoms with E-state index in [0.717, 1.165) is 37.7 Å². The number of ketones is 1. The first-order valence-electron chi connectivity index (χ1n) is 12.1. The summed E-state index contributed by atoms with van der Waals surface area (Å²) in [6.45, 7) is 2.11. The number of benzene rings is 1. The van der Waals surface area contributed by atoms with Gasteiger partial charge in [-0.15, -0.1) is 0 Å². The highest BCUT2D eigenvalue weighted by molar-refractivity contribution is 7.80. The third-order valence-corrected chi connectivity index (χ3v) is 9.12. The predicted octanol–water partition coefficient (Wildman–Crippen LogP) is -0.467. The van der Waals surface area contributed by atoms with Crippen molar-refractivity contribution in [1.29, 1.82) is 0 Å². The Morgan fingerprint density at radius 3 is 2.61 bits per heavy atom. The van der Waals surface area contributed by atoms with Gasteiger partial charge in [0.1, 0.15) is 35.9 Å². The summed E-state index contributed by atoms with van der Waals surface area (Å²) in [6.07, 6.45) is -5.14. The van der Waals surface area contributed by atoms with E-state index in [4.69, 9.17) is 9.47 Å². The molecule has 9 atom stereocenters. The lowest BCUT2D eigenvalue weighted by molar-refractivity contribution is -0.341. The lowest BCUT2D eigenvalue weighted by Crippen LogP contribution is -2.64. The van der Waals surface area contributed by atoms with Gasteiger partial charge in [-0.05, 0) is 73.1 Å². The van der Waals surface area contributed by atoms with Gasteiger partial charge in [-0.3, -0.25) is 8.98 Å². The minimum Gasteiger partial charge on any atom is -0.726 e. The van der Waals surface area contributed by atoms with E-state index in [-0.39, 0.29) is 11.2 Å². The van der Waals surface area contributed by atoms with E-state index in [2.05, 4.69) is 11.1 Å². The fourth-order valence-corrected chi connectivity index (χ4v) is 7.41. The number of Topliss-reactive ketones (excluding diaryl/α,β-unsaturated/α-hetero) is 1. The van der Waals surface area contributed by atoms with Gasteiger partial charge in [-0.2, -0.15) is 0 Å². The molecule has 0 spiro atoms. The molecule has 5 rings (SSSR count). The minimum atomic E-state index is -5.39. The first-order valence-corrected chi connectivity index (χ1v) is 13.4. The van der Waals surface area contributed by atoms with Gasteiger partial charge in [0.05, 0.1) is 5.97 Å². The number of carboxylic acids is 1. The minimum absolute atomic E-state index is 0.227. The molecule has 198 valence electrons. The molecule has 2 N–H and O–H groups in total. The number of carbonyl (C=O) groups is 2. The van der Waals surface area contributed by atoms with Crippen molar-refractivity contribution in [3.63, 3.8) is 0 Å². The third-order valence-electron chi connectivity index (χ3n) is 8.66. The number of hydrogen-bond acceptors (Lipinski definition) is 11. The zero-order valence-corrected chi connectivity index (χ0v) is 20.4. The van der Waals surface area contributed by atoms with Crippen molar-refractivity contribution < 1.29 is 51.5 Å². The van der Waals surface area contributed by atoms with Crippen LogP contribution in [0, 0.1) is 17.3 Å². The molecule has 0 amide bonds. The van der Waals surface area contributed by atoms with Crippen LogP contribution in [0.4, 0.5) is 0 Å². The predicted molar refractivity (Wildman–Crippen MR) is 117 cm³/mol. The SMILES string of the molecule is C[C@]12CC[C@@H]3c4ccc(O[C@@H]5O[C@H](C(=O)[O-])[C@@H](O)[C@H](OS(=O)(=O)[O-])[C@H]5O)cc4CC[C@H]3[C@@H]1CCC2=O. The summed E-state index contributed by atoms with van der Waals surface area (Å²) < 4.78 is 48.1. The largest absolute Gasteiger partial charge is 0.726 e. The lowest BCUT2D eigenvalue weighted by Gasteiger charge is -2.48. The summed E-state index contributed by atoms with van der Waals surface area (Å²) in [4.78, 5) is 23.9. The topological polar surface area (TPSA) is 183 Å². The van der Waals surface area contributed by atoms with Gasteiger partial charge < -0.3 is 34.1 Å². The molecule has 1 saturated heterocycles. The van der Waals surface area contributed by atoms with Crippen molar-refractivity contribution in [2.45, 2.75) is 82.1 Å². The zero-order chi connectivity index (χ0) is 26.0. The number of aliphatic carboxylic acids is 1. The number of aliphatic hydroxyl groups is 2. The van der Waals surface area contributed by atoms with Gasteiger partial charge in [0.2, 0.25) is 16.7 Å². The Balaban J connectivity index is 1.36. The molecular weight excluding hydrogens is 496 g/mol. The molecule has 3 aliphatic carbocycles. The van der Waals surface area contributed by atoms with Crippen molar-refractivity contribution in [1.82, 2.24) is 0 Å². The van der Waals surface area contributed by atoms with Crippen molar-refractivity contribution in [3.05, 3.63) is 29.3 Å². The monoisotopic (exact) mass is 524 g/mol. The molecule has 4 aliphatic rings. The van der Waals surface area contributed by atoms with E-state index in [0.29, 0.717) is 30.0 Å². The van der Waals surface area contributed by atoms with Crippen LogP contribution in [0.1, 0.15) is 56.1 Å². The standard InChI is InChI=1S/C24H30O11S/c1-24-9-8-14-13-5-3-12(10-11(13)2-4-15(14)16(24)6-7-17(24)25)33-23-19(27)20(35-36(30,31)32)18(26)21(34-23)22(28)29/h3,5,10,14-16,18-21,23,26-27H,2,4,6-9H2,1H3,(H,28,29)(H,30,31,32)/p-2/t14-,15-,16+,18+,19-,20+,21+,23-,24+/m1/s1. The second kappa shape index (κ2) is 9.03. The molecule has 2 saturated carbocycles. The number of aryl methyl sites for hydroxylation is 1. The highest BCUT2D eigenvalue weighted by Crippen LogP contribution is 2.59. The molecule has 0 unspecified atom stereocenters. The molecule has 1 heterocycles. The molecular formula is C24H28O11S-2. The highest BCUT2D eigenvalue weighted by atomic mass is 32.3. The number of carbonyl (C=O) groups excluding carboxylic acids is 2. The van der Waals surface area contributed by atoms with E-state index in [1.54, 1.807) is 12.1 Å². The molecule has 1 aromatic rings. The number of fused-ring (bicyclic) bond motifs is 5. The van der Waals surface area contributed by atoms with Crippen LogP contribution in [0.3, 0.4) is 0 Å². The molecule has 12 heteroatoms. The quantitative estimate of drug-likeness (QED) is 0.375. The Kier molecular flexibility index (Phi) is 6.41. The van der Waals surface area contributed by atoms with Crippen LogP contribution < -0.4 is 9.84 Å². The van der Waals surface area contributed by atoms with Crippen LogP contribution in [-0.4, -0.2) is 65.6 Å². The molecule has 0 aromatic heterocycles. The summed E-state index contributed by atoms with van der Waals surface area (Å²) in [5, 5.41) is 31.9. The number of aliphatic hydroxyl groups excluding tert-OH is 2. The Bertz CT molecular complexity index is 1170. The summed E-state index contributed by atoms with van der Waals surface area (Å²) in [5.74, 6) is -0.174. The Morgan fingerprint density at radius 1 is 1.17 bits per heavy atom. The maximum Gasteiger partial charge on any atom is 0.229 e. The van der Waals surface area contributed by atoms with Gasteiger partial charge in [-0.25, -0.2) is 8.42 Å². The summed E-state index contributed by atoms with van der Waals surface area (Å²) >= 11 is 0. The van der Waals surface area contributed by atoms with Gasteiger partial charge in [-0.1, -0.05) is 13.0 Å². The van der Waals surface area contributed by atoms with Crippen LogP contribution in [0.2, 0.25) is 0 Å². The second-order valence-electron chi connectivity index (χ2n) is 10.5. The van der Waals surface area contributed by atoms with Crippen LogP contribution in [-0.2, 0) is 35.3 Å². The van der Waals surface area contributed by atoms with Crippen molar-refractivity contribution >= 4 is 22.2 Å². The first kappa shape index (κ1) is 25.6. The van der Waals surface area contributed by atoms with E-state index >= 15 is 0 Å². The lowest BCUT2D eigenvalue weighted by atomic mass is 9.55. The summed E-state index contributed by atoms with van der Waals surface area (Å²) in [7, 11) is -5.39. The van der Waals surface area contributed by atoms with Crippen molar-refractivity contribution in [2.24, 2.45) is 17.3 Å². The third kappa shape index (κ3) is 4.33. The Hall–Kier alpha value is -2.09. The van der Waals surface area contributed by atoms with Crippen LogP contribution in [0.15, 0.2) is 18.2 Å². The second-order valence-corrected chi connectivity index (χ2v) is 11.5. The number of ether oxygens (including phenoxy) is 2. The zero-order valence-electron chi connectivity index (χ0n) is 19.6. The van der Waals surface area contributed by atoms with E-state index in [9.17, 15) is 37.9 Å². The molecule has 11 nitrogen and oxygen atoms in total. The van der Waals surface area contributed by atoms with Crippen LogP contribution >= 0.6 is 0 Å². The van der Waals surface area contributed by atoms with E-state index in [1.807, 2.05) is 6.07 Å². The van der Waals surface area contributed by atoms with E-state index in [1.165, 1.54) is 5.56 Å². The fourth-order valence-electron chi connectivity index (χ4n) is 6.91. The van der Waals surface area contributed by atoms with Gasteiger partial charge in [0.25, 0.3) is 0 Å². The molecule has 0 radical (unpaired) electrons. The fraction of sp³-hybridized carbons (Fsp3) is 0.667.